The third-order valence-corrected chi connectivity index (χ3v) is 8.54. The van der Waals surface area contributed by atoms with Crippen molar-refractivity contribution in [1.82, 2.24) is 34.7 Å². The number of piperidine rings is 1. The summed E-state index contributed by atoms with van der Waals surface area (Å²) in [7, 11) is 2.15. The summed E-state index contributed by atoms with van der Waals surface area (Å²) in [5.41, 5.74) is 3.11. The van der Waals surface area contributed by atoms with Crippen molar-refractivity contribution < 1.29 is 9.53 Å². The summed E-state index contributed by atoms with van der Waals surface area (Å²) < 4.78 is 7.90. The van der Waals surface area contributed by atoms with Gasteiger partial charge in [-0.15, -0.1) is 0 Å². The molecule has 2 aliphatic heterocycles. The number of carbonyl (C=O) groups excluding carboxylic acids is 1. The Hall–Kier alpha value is -4.53. The Morgan fingerprint density at radius 3 is 2.58 bits per heavy atom. The molecular weight excluding hydrogens is 542 g/mol. The van der Waals surface area contributed by atoms with Crippen LogP contribution in [-0.2, 0) is 0 Å². The minimum atomic E-state index is -0.308. The van der Waals surface area contributed by atoms with Gasteiger partial charge >= 0.3 is 0 Å². The number of amides is 1. The Morgan fingerprint density at radius 2 is 1.88 bits per heavy atom. The predicted octanol–water partition coefficient (Wildman–Crippen LogP) is 3.08. The van der Waals surface area contributed by atoms with E-state index in [1.165, 1.54) is 0 Å². The molecule has 222 valence electrons. The first-order valence-electron chi connectivity index (χ1n) is 14.8. The number of rotatable bonds is 8. The number of ether oxygens (including phenoxy) is 1. The summed E-state index contributed by atoms with van der Waals surface area (Å²) in [5.74, 6) is 1.44. The van der Waals surface area contributed by atoms with E-state index in [-0.39, 0.29) is 11.4 Å². The maximum atomic E-state index is 12.7. The number of aromatic nitrogens is 4. The molecule has 2 saturated heterocycles. The monoisotopic (exact) mass is 579 g/mol. The molecule has 0 bridgehead atoms. The Morgan fingerprint density at radius 1 is 1.07 bits per heavy atom. The van der Waals surface area contributed by atoms with E-state index in [1.807, 2.05) is 36.7 Å². The number of nitrogens with zero attached hydrogens (tertiary/aromatic N) is 8. The van der Waals surface area contributed by atoms with Crippen LogP contribution in [0.1, 0.15) is 35.8 Å². The fourth-order valence-electron chi connectivity index (χ4n) is 5.76. The number of likely N-dealkylation sites (N-methyl/N-ethyl adjacent to an activating group) is 1. The van der Waals surface area contributed by atoms with Crippen LogP contribution >= 0.6 is 0 Å². The van der Waals surface area contributed by atoms with Crippen LogP contribution in [-0.4, -0.2) is 100 Å². The molecule has 11 nitrogen and oxygen atoms in total. The van der Waals surface area contributed by atoms with E-state index in [0.29, 0.717) is 23.6 Å². The van der Waals surface area contributed by atoms with Crippen LogP contribution in [0, 0.1) is 11.3 Å². The highest BCUT2D eigenvalue weighted by Gasteiger charge is 2.32. The van der Waals surface area contributed by atoms with Gasteiger partial charge in [-0.3, -0.25) is 14.7 Å². The van der Waals surface area contributed by atoms with E-state index in [4.69, 9.17) is 9.72 Å². The highest BCUT2D eigenvalue weighted by Crippen LogP contribution is 2.32. The van der Waals surface area contributed by atoms with Crippen LogP contribution in [0.5, 0.6) is 5.75 Å². The van der Waals surface area contributed by atoms with Crippen LogP contribution in [0.4, 0.5) is 5.82 Å². The summed E-state index contributed by atoms with van der Waals surface area (Å²) in [6.07, 6.45) is 8.50. The highest BCUT2D eigenvalue weighted by atomic mass is 16.5. The molecule has 2 aliphatic rings. The molecular formula is C32H37N9O2. The molecule has 6 rings (SSSR count). The van der Waals surface area contributed by atoms with Crippen LogP contribution in [0.3, 0.4) is 0 Å². The molecule has 43 heavy (non-hydrogen) atoms. The zero-order chi connectivity index (χ0) is 29.8. The van der Waals surface area contributed by atoms with Gasteiger partial charge in [0.1, 0.15) is 29.9 Å². The predicted molar refractivity (Wildman–Crippen MR) is 164 cm³/mol. The normalized spacial score (nSPS) is 17.5. The Bertz CT molecular complexity index is 1600. The number of pyridine rings is 3. The lowest BCUT2D eigenvalue weighted by Gasteiger charge is -2.40. The van der Waals surface area contributed by atoms with Gasteiger partial charge in [-0.2, -0.15) is 10.4 Å². The lowest BCUT2D eigenvalue weighted by Crippen LogP contribution is -2.53. The van der Waals surface area contributed by atoms with Gasteiger partial charge in [0.2, 0.25) is 0 Å². The molecule has 4 aromatic heterocycles. The topological polar surface area (TPSA) is 115 Å². The smallest absolute Gasteiger partial charge is 0.270 e. The van der Waals surface area contributed by atoms with Crippen molar-refractivity contribution in [2.24, 2.45) is 0 Å². The van der Waals surface area contributed by atoms with E-state index in [1.54, 1.807) is 29.0 Å². The SMILES string of the molecule is CN1CCN(CCOc2cc(-c3ccc(N4CCC(C)(NC(=O)c5ccccn5)CC4)nc3)c3c(C#N)cnn3c2)CC1. The van der Waals surface area contributed by atoms with Crippen molar-refractivity contribution >= 4 is 17.2 Å². The summed E-state index contributed by atoms with van der Waals surface area (Å²) in [6.45, 7) is 9.31. The minimum absolute atomic E-state index is 0.146. The van der Waals surface area contributed by atoms with E-state index in [2.05, 4.69) is 50.1 Å². The lowest BCUT2D eigenvalue weighted by molar-refractivity contribution is 0.0886. The average Bonchev–Trinajstić information content (AvgIpc) is 3.46. The lowest BCUT2D eigenvalue weighted by atomic mass is 9.89. The van der Waals surface area contributed by atoms with Gasteiger partial charge in [0, 0.05) is 74.9 Å². The molecule has 1 amide bonds. The van der Waals surface area contributed by atoms with Crippen LogP contribution in [0.2, 0.25) is 0 Å². The fourth-order valence-corrected chi connectivity index (χ4v) is 5.76. The number of anilines is 1. The third-order valence-electron chi connectivity index (χ3n) is 8.54. The number of carbonyl (C=O) groups is 1. The molecule has 4 aromatic rings. The molecule has 0 saturated carbocycles. The first kappa shape index (κ1) is 28.6. The zero-order valence-corrected chi connectivity index (χ0v) is 24.7. The van der Waals surface area contributed by atoms with Gasteiger partial charge in [-0.05, 0) is 57.1 Å². The van der Waals surface area contributed by atoms with Crippen molar-refractivity contribution in [3.63, 3.8) is 0 Å². The summed E-state index contributed by atoms with van der Waals surface area (Å²) >= 11 is 0. The molecule has 0 aliphatic carbocycles. The molecule has 0 unspecified atom stereocenters. The number of hydrogen-bond acceptors (Lipinski definition) is 9. The first-order chi connectivity index (χ1) is 20.9. The van der Waals surface area contributed by atoms with Crippen molar-refractivity contribution in [1.29, 1.82) is 5.26 Å². The maximum absolute atomic E-state index is 12.7. The van der Waals surface area contributed by atoms with Gasteiger partial charge in [0.25, 0.3) is 5.91 Å². The summed E-state index contributed by atoms with van der Waals surface area (Å²) in [4.78, 5) is 28.7. The first-order valence-corrected chi connectivity index (χ1v) is 14.8. The number of hydrogen-bond donors (Lipinski definition) is 1. The second-order valence-electron chi connectivity index (χ2n) is 11.7. The molecule has 0 radical (unpaired) electrons. The molecule has 2 fully saturated rings. The summed E-state index contributed by atoms with van der Waals surface area (Å²) in [5, 5.41) is 17.4. The van der Waals surface area contributed by atoms with Gasteiger partial charge in [-0.1, -0.05) is 6.07 Å². The number of piperazine rings is 1. The largest absolute Gasteiger partial charge is 0.491 e. The van der Waals surface area contributed by atoms with Crippen molar-refractivity contribution in [3.05, 3.63) is 72.4 Å². The number of fused-ring (bicyclic) bond motifs is 1. The number of nitriles is 1. The number of nitrogens with one attached hydrogen (secondary N) is 1. The standard InChI is InChI=1S/C32H37N9O2/c1-32(37-31(42)28-5-3-4-10-34-28)8-11-40(12-9-32)29-7-6-24(21-35-29)27-19-26(23-41-30(27)25(20-33)22-36-41)43-18-17-39-15-13-38(2)14-16-39/h3-7,10,19,21-23H,8-9,11-18H2,1-2H3,(H,37,42). The van der Waals surface area contributed by atoms with Crippen molar-refractivity contribution in [2.45, 2.75) is 25.3 Å². The molecule has 11 heteroatoms. The summed E-state index contributed by atoms with van der Waals surface area (Å²) in [6, 6.07) is 13.7. The van der Waals surface area contributed by atoms with Crippen molar-refractivity contribution in [3.8, 4) is 22.9 Å². The Labute approximate surface area is 251 Å². The van der Waals surface area contributed by atoms with Crippen LogP contribution in [0.25, 0.3) is 16.6 Å². The van der Waals surface area contributed by atoms with Gasteiger partial charge < -0.3 is 19.9 Å². The second-order valence-corrected chi connectivity index (χ2v) is 11.7. The maximum Gasteiger partial charge on any atom is 0.270 e. The zero-order valence-electron chi connectivity index (χ0n) is 24.7. The Balaban J connectivity index is 1.13. The van der Waals surface area contributed by atoms with E-state index in [9.17, 15) is 10.1 Å². The average molecular weight is 580 g/mol. The molecule has 6 heterocycles. The second kappa shape index (κ2) is 12.4. The van der Waals surface area contributed by atoms with Gasteiger partial charge in [0.15, 0.2) is 0 Å². The fraction of sp³-hybridized carbons (Fsp3) is 0.406. The van der Waals surface area contributed by atoms with E-state index >= 15 is 0 Å². The van der Waals surface area contributed by atoms with E-state index < -0.39 is 0 Å². The minimum Gasteiger partial charge on any atom is -0.491 e. The van der Waals surface area contributed by atoms with E-state index in [0.717, 1.165) is 81.1 Å². The van der Waals surface area contributed by atoms with Crippen LogP contribution < -0.4 is 15.0 Å². The van der Waals surface area contributed by atoms with Gasteiger partial charge in [0.05, 0.1) is 23.5 Å². The molecule has 0 aromatic carbocycles. The quantitative estimate of drug-likeness (QED) is 0.336. The van der Waals surface area contributed by atoms with Gasteiger partial charge in [-0.25, -0.2) is 9.50 Å². The highest BCUT2D eigenvalue weighted by molar-refractivity contribution is 5.92. The third kappa shape index (κ3) is 6.45. The van der Waals surface area contributed by atoms with Crippen LogP contribution in [0.15, 0.2) is 61.2 Å². The molecule has 0 spiro atoms. The van der Waals surface area contributed by atoms with Crippen molar-refractivity contribution in [2.75, 3.05) is 64.4 Å². The molecule has 1 N–H and O–H groups in total. The molecule has 0 atom stereocenters. The Kier molecular flexibility index (Phi) is 8.22.